The van der Waals surface area contributed by atoms with Crippen LogP contribution in [0, 0.1) is 0 Å². The van der Waals surface area contributed by atoms with Crippen LogP contribution in [0.4, 0.5) is 0 Å². The van der Waals surface area contributed by atoms with Gasteiger partial charge in [-0.15, -0.1) is 0 Å². The van der Waals surface area contributed by atoms with E-state index in [4.69, 9.17) is 0 Å². The van der Waals surface area contributed by atoms with E-state index in [0.29, 0.717) is 19.3 Å². The zero-order valence-corrected chi connectivity index (χ0v) is 44.7. The third-order valence-electron chi connectivity index (χ3n) is 13.7. The first kappa shape index (κ1) is 65.3. The van der Waals surface area contributed by atoms with E-state index in [1.54, 1.807) is 0 Å². The lowest BCUT2D eigenvalue weighted by atomic mass is 10.00. The summed E-state index contributed by atoms with van der Waals surface area (Å²) in [4.78, 5) is 12.6. The highest BCUT2D eigenvalue weighted by atomic mass is 16.3. The van der Waals surface area contributed by atoms with Gasteiger partial charge in [-0.2, -0.15) is 0 Å². The maximum atomic E-state index is 12.6. The molecule has 4 atom stereocenters. The van der Waals surface area contributed by atoms with E-state index in [9.17, 15) is 25.2 Å². The summed E-state index contributed by atoms with van der Waals surface area (Å²) in [7, 11) is 0. The standard InChI is InChI=1S/C61H115NO5/c1-3-5-7-9-11-13-15-17-18-19-20-21-22-23-24-25-26-27-28-29-30-31-32-33-34-35-36-37-38-39-40-41-43-45-47-49-51-53-55-59(65)61(67)62-57(56-63)60(66)58(64)54-52-50-48-46-44-42-16-14-12-10-8-6-4-2/h14,16,26-27,29-30,46,48,57-60,63-66H,3-13,15,17-25,28,31-45,47,49-56H2,1-2H3,(H,62,67)/b16-14+,27-26-,30-29-,48-46+. The summed E-state index contributed by atoms with van der Waals surface area (Å²) < 4.78 is 0. The van der Waals surface area contributed by atoms with Gasteiger partial charge >= 0.3 is 0 Å². The molecule has 0 bridgehead atoms. The summed E-state index contributed by atoms with van der Waals surface area (Å²) in [5.74, 6) is -0.597. The minimum Gasteiger partial charge on any atom is -0.394 e. The molecule has 1 amide bonds. The second kappa shape index (κ2) is 55.2. The molecule has 67 heavy (non-hydrogen) atoms. The fraction of sp³-hybridized carbons (Fsp3) is 0.852. The van der Waals surface area contributed by atoms with Crippen LogP contribution in [-0.2, 0) is 4.79 Å². The van der Waals surface area contributed by atoms with Gasteiger partial charge in [0.15, 0.2) is 0 Å². The Bertz CT molecular complexity index is 1100. The predicted molar refractivity (Wildman–Crippen MR) is 293 cm³/mol. The molecule has 0 aromatic heterocycles. The van der Waals surface area contributed by atoms with Crippen molar-refractivity contribution in [2.45, 2.75) is 327 Å². The molecule has 0 radical (unpaired) electrons. The molecule has 6 heteroatoms. The number of nitrogens with one attached hydrogen (secondary N) is 1. The van der Waals surface area contributed by atoms with Crippen molar-refractivity contribution in [1.82, 2.24) is 5.32 Å². The highest BCUT2D eigenvalue weighted by molar-refractivity contribution is 5.80. The number of carbonyl (C=O) groups excluding carboxylic acids is 1. The van der Waals surface area contributed by atoms with Gasteiger partial charge in [0, 0.05) is 0 Å². The predicted octanol–water partition coefficient (Wildman–Crippen LogP) is 17.4. The average Bonchev–Trinajstić information content (AvgIpc) is 3.33. The lowest BCUT2D eigenvalue weighted by Crippen LogP contribution is -2.53. The molecule has 4 unspecified atom stereocenters. The molecule has 0 heterocycles. The topological polar surface area (TPSA) is 110 Å². The van der Waals surface area contributed by atoms with Crippen molar-refractivity contribution in [3.8, 4) is 0 Å². The van der Waals surface area contributed by atoms with E-state index in [0.717, 1.165) is 51.4 Å². The molecule has 0 spiro atoms. The summed E-state index contributed by atoms with van der Waals surface area (Å²) in [6.45, 7) is 4.03. The maximum absolute atomic E-state index is 12.6. The normalized spacial score (nSPS) is 14.1. The van der Waals surface area contributed by atoms with Gasteiger partial charge in [-0.05, 0) is 83.5 Å². The average molecular weight is 943 g/mol. The Balaban J connectivity index is 3.55. The largest absolute Gasteiger partial charge is 0.394 e. The molecule has 0 aromatic carbocycles. The van der Waals surface area contributed by atoms with E-state index in [1.165, 1.54) is 218 Å². The number of carbonyl (C=O) groups is 1. The number of amides is 1. The first-order valence-corrected chi connectivity index (χ1v) is 29.5. The molecule has 0 aromatic rings. The van der Waals surface area contributed by atoms with Crippen molar-refractivity contribution >= 4 is 5.91 Å². The van der Waals surface area contributed by atoms with E-state index < -0.39 is 36.9 Å². The van der Waals surface area contributed by atoms with E-state index in [2.05, 4.69) is 67.8 Å². The van der Waals surface area contributed by atoms with Crippen LogP contribution in [-0.4, -0.2) is 57.3 Å². The Labute approximate surface area is 417 Å². The Morgan fingerprint density at radius 1 is 0.373 bits per heavy atom. The fourth-order valence-corrected chi connectivity index (χ4v) is 9.10. The number of allylic oxidation sites excluding steroid dienone is 8. The summed E-state index contributed by atoms with van der Waals surface area (Å²) in [5.41, 5.74) is 0. The molecule has 5 N–H and O–H groups in total. The van der Waals surface area contributed by atoms with Gasteiger partial charge in [-0.3, -0.25) is 4.79 Å². The number of unbranched alkanes of at least 4 members (excludes halogenated alkanes) is 37. The molecule has 0 aliphatic heterocycles. The molecule has 0 saturated carbocycles. The SMILES string of the molecule is CCCCCC/C=C/CC/C=C/CCCC(O)C(O)C(CO)NC(=O)C(O)CCCCCCCCCCCCCCCCCC/C=C\C/C=C\CCCCCCCCCCCCCCCCC. The van der Waals surface area contributed by atoms with Gasteiger partial charge in [-0.1, -0.05) is 268 Å². The number of rotatable bonds is 54. The van der Waals surface area contributed by atoms with Crippen molar-refractivity contribution in [2.75, 3.05) is 6.61 Å². The van der Waals surface area contributed by atoms with Gasteiger partial charge in [0.05, 0.1) is 18.8 Å². The first-order valence-electron chi connectivity index (χ1n) is 29.5. The molecular formula is C61H115NO5. The number of hydrogen-bond acceptors (Lipinski definition) is 5. The van der Waals surface area contributed by atoms with Crippen LogP contribution in [0.5, 0.6) is 0 Å². The Kier molecular flexibility index (Phi) is 53.8. The molecule has 0 saturated heterocycles. The third kappa shape index (κ3) is 49.1. The second-order valence-corrected chi connectivity index (χ2v) is 20.3. The number of aliphatic hydroxyl groups excluding tert-OH is 4. The highest BCUT2D eigenvalue weighted by Gasteiger charge is 2.28. The maximum Gasteiger partial charge on any atom is 0.249 e. The van der Waals surface area contributed by atoms with Gasteiger partial charge < -0.3 is 25.7 Å². The van der Waals surface area contributed by atoms with Crippen molar-refractivity contribution in [2.24, 2.45) is 0 Å². The monoisotopic (exact) mass is 942 g/mol. The van der Waals surface area contributed by atoms with Crippen LogP contribution in [0.25, 0.3) is 0 Å². The summed E-state index contributed by atoms with van der Waals surface area (Å²) in [6, 6.07) is -1.01. The van der Waals surface area contributed by atoms with Gasteiger partial charge in [-0.25, -0.2) is 0 Å². The van der Waals surface area contributed by atoms with Crippen molar-refractivity contribution in [3.05, 3.63) is 48.6 Å². The van der Waals surface area contributed by atoms with Crippen LogP contribution in [0.15, 0.2) is 48.6 Å². The quantitative estimate of drug-likeness (QED) is 0.0308. The van der Waals surface area contributed by atoms with Crippen molar-refractivity contribution < 1.29 is 25.2 Å². The van der Waals surface area contributed by atoms with Crippen LogP contribution >= 0.6 is 0 Å². The number of hydrogen-bond donors (Lipinski definition) is 5. The zero-order chi connectivity index (χ0) is 48.8. The molecular weight excluding hydrogens is 827 g/mol. The molecule has 0 rings (SSSR count). The Morgan fingerprint density at radius 3 is 1.04 bits per heavy atom. The van der Waals surface area contributed by atoms with E-state index >= 15 is 0 Å². The van der Waals surface area contributed by atoms with E-state index in [1.807, 2.05) is 0 Å². The van der Waals surface area contributed by atoms with Crippen molar-refractivity contribution in [1.29, 1.82) is 0 Å². The Hall–Kier alpha value is -1.73. The lowest BCUT2D eigenvalue weighted by molar-refractivity contribution is -0.132. The smallest absolute Gasteiger partial charge is 0.249 e. The number of aliphatic hydroxyl groups is 4. The van der Waals surface area contributed by atoms with Crippen LogP contribution < -0.4 is 5.32 Å². The molecule has 0 aliphatic carbocycles. The van der Waals surface area contributed by atoms with Gasteiger partial charge in [0.2, 0.25) is 5.91 Å². The summed E-state index contributed by atoms with van der Waals surface area (Å²) in [6.07, 6.45) is 70.7. The molecule has 394 valence electrons. The summed E-state index contributed by atoms with van der Waals surface area (Å²) in [5, 5.41) is 43.8. The highest BCUT2D eigenvalue weighted by Crippen LogP contribution is 2.17. The third-order valence-corrected chi connectivity index (χ3v) is 13.7. The van der Waals surface area contributed by atoms with Crippen LogP contribution in [0.2, 0.25) is 0 Å². The van der Waals surface area contributed by atoms with E-state index in [-0.39, 0.29) is 0 Å². The van der Waals surface area contributed by atoms with Crippen LogP contribution in [0.3, 0.4) is 0 Å². The fourth-order valence-electron chi connectivity index (χ4n) is 9.10. The summed E-state index contributed by atoms with van der Waals surface area (Å²) >= 11 is 0. The zero-order valence-electron chi connectivity index (χ0n) is 44.7. The molecule has 6 nitrogen and oxygen atoms in total. The Morgan fingerprint density at radius 2 is 0.672 bits per heavy atom. The van der Waals surface area contributed by atoms with Crippen LogP contribution in [0.1, 0.15) is 303 Å². The van der Waals surface area contributed by atoms with Gasteiger partial charge in [0.1, 0.15) is 12.2 Å². The minimum absolute atomic E-state index is 0.360. The van der Waals surface area contributed by atoms with Gasteiger partial charge in [0.25, 0.3) is 0 Å². The first-order chi connectivity index (χ1) is 33.0. The lowest BCUT2D eigenvalue weighted by Gasteiger charge is -2.27. The minimum atomic E-state index is -1.29. The molecule has 0 fully saturated rings. The molecule has 0 aliphatic rings. The second-order valence-electron chi connectivity index (χ2n) is 20.3. The van der Waals surface area contributed by atoms with Crippen molar-refractivity contribution in [3.63, 3.8) is 0 Å².